The Morgan fingerprint density at radius 2 is 2.47 bits per heavy atom. The number of amides is 1. The highest BCUT2D eigenvalue weighted by Gasteiger charge is 2.28. The quantitative estimate of drug-likeness (QED) is 0.913. The molecule has 5 heteroatoms. The van der Waals surface area contributed by atoms with E-state index in [9.17, 15) is 4.79 Å². The fourth-order valence-electron chi connectivity index (χ4n) is 1.97. The van der Waals surface area contributed by atoms with Gasteiger partial charge in [-0.3, -0.25) is 9.78 Å². The van der Waals surface area contributed by atoms with Crippen LogP contribution in [0.1, 0.15) is 19.8 Å². The summed E-state index contributed by atoms with van der Waals surface area (Å²) in [5.41, 5.74) is 0.753. The highest BCUT2D eigenvalue weighted by atomic mass is 79.9. The molecule has 0 radical (unpaired) electrons. The second kappa shape index (κ2) is 5.60. The van der Waals surface area contributed by atoms with Crippen molar-refractivity contribution in [2.75, 3.05) is 11.9 Å². The zero-order chi connectivity index (χ0) is 12.3. The number of pyridine rings is 1. The topological polar surface area (TPSA) is 51.2 Å². The van der Waals surface area contributed by atoms with Gasteiger partial charge in [-0.15, -0.1) is 0 Å². The van der Waals surface area contributed by atoms with Gasteiger partial charge in [0.2, 0.25) is 5.91 Å². The Labute approximate surface area is 109 Å². The van der Waals surface area contributed by atoms with Crippen molar-refractivity contribution < 1.29 is 9.53 Å². The predicted octanol–water partition coefficient (Wildman–Crippen LogP) is 2.60. The lowest BCUT2D eigenvalue weighted by molar-refractivity contribution is -0.127. The van der Waals surface area contributed by atoms with Crippen molar-refractivity contribution in [1.82, 2.24) is 4.98 Å². The molecule has 1 aromatic heterocycles. The molecule has 0 aromatic carbocycles. The van der Waals surface area contributed by atoms with Crippen molar-refractivity contribution >= 4 is 27.5 Å². The summed E-state index contributed by atoms with van der Waals surface area (Å²) in [6.07, 6.45) is 5.14. The van der Waals surface area contributed by atoms with Crippen LogP contribution in [-0.2, 0) is 9.53 Å². The van der Waals surface area contributed by atoms with Gasteiger partial charge >= 0.3 is 0 Å². The van der Waals surface area contributed by atoms with Crippen LogP contribution in [0.5, 0.6) is 0 Å². The fourth-order valence-corrected chi connectivity index (χ4v) is 2.32. The van der Waals surface area contributed by atoms with E-state index in [1.807, 2.05) is 6.92 Å². The van der Waals surface area contributed by atoms with Crippen LogP contribution in [0, 0.1) is 5.92 Å². The molecule has 4 nitrogen and oxygen atoms in total. The molecule has 1 fully saturated rings. The van der Waals surface area contributed by atoms with Crippen molar-refractivity contribution in [3.63, 3.8) is 0 Å². The van der Waals surface area contributed by atoms with Crippen LogP contribution in [-0.4, -0.2) is 23.6 Å². The first-order valence-electron chi connectivity index (χ1n) is 5.70. The molecule has 1 aliphatic rings. The summed E-state index contributed by atoms with van der Waals surface area (Å²) >= 11 is 3.36. The van der Waals surface area contributed by atoms with Crippen LogP contribution in [0.2, 0.25) is 0 Å². The molecule has 2 atom stereocenters. The number of hydrogen-bond acceptors (Lipinski definition) is 3. The average molecular weight is 299 g/mol. The SMILES string of the molecule is CC1OCCCC1C(=O)Nc1ccncc1Br. The highest BCUT2D eigenvalue weighted by Crippen LogP contribution is 2.25. The third-order valence-electron chi connectivity index (χ3n) is 2.97. The van der Waals surface area contributed by atoms with Gasteiger partial charge in [0.25, 0.3) is 0 Å². The first kappa shape index (κ1) is 12.5. The second-order valence-corrected chi connectivity index (χ2v) is 5.02. The number of carbonyl (C=O) groups is 1. The Balaban J connectivity index is 2.03. The van der Waals surface area contributed by atoms with Crippen LogP contribution in [0.3, 0.4) is 0 Å². The largest absolute Gasteiger partial charge is 0.378 e. The third-order valence-corrected chi connectivity index (χ3v) is 3.61. The van der Waals surface area contributed by atoms with E-state index in [4.69, 9.17) is 4.74 Å². The van der Waals surface area contributed by atoms with Crippen molar-refractivity contribution in [3.05, 3.63) is 22.9 Å². The van der Waals surface area contributed by atoms with Crippen molar-refractivity contribution in [1.29, 1.82) is 0 Å². The molecule has 1 N–H and O–H groups in total. The third kappa shape index (κ3) is 3.04. The maximum Gasteiger partial charge on any atom is 0.230 e. The molecule has 0 saturated carbocycles. The Kier molecular flexibility index (Phi) is 4.12. The van der Waals surface area contributed by atoms with E-state index in [1.165, 1.54) is 0 Å². The predicted molar refractivity (Wildman–Crippen MR) is 68.7 cm³/mol. The molecular formula is C12H15BrN2O2. The summed E-state index contributed by atoms with van der Waals surface area (Å²) in [6.45, 7) is 2.70. The van der Waals surface area contributed by atoms with Gasteiger partial charge in [-0.2, -0.15) is 0 Å². The smallest absolute Gasteiger partial charge is 0.230 e. The molecule has 2 unspecified atom stereocenters. The van der Waals surface area contributed by atoms with E-state index < -0.39 is 0 Å². The summed E-state index contributed by atoms with van der Waals surface area (Å²) in [5.74, 6) is -0.0482. The molecule has 2 rings (SSSR count). The standard InChI is InChI=1S/C12H15BrN2O2/c1-8-9(3-2-6-17-8)12(16)15-11-4-5-14-7-10(11)13/h4-5,7-9H,2-3,6H2,1H3,(H,14,15,16). The summed E-state index contributed by atoms with van der Waals surface area (Å²) in [5, 5.41) is 2.90. The van der Waals surface area contributed by atoms with Gasteiger partial charge in [0.05, 0.1) is 22.2 Å². The fraction of sp³-hybridized carbons (Fsp3) is 0.500. The number of anilines is 1. The average Bonchev–Trinajstić information content (AvgIpc) is 2.32. The van der Waals surface area contributed by atoms with E-state index in [1.54, 1.807) is 18.5 Å². The number of nitrogens with one attached hydrogen (secondary N) is 1. The van der Waals surface area contributed by atoms with Crippen molar-refractivity contribution in [3.8, 4) is 0 Å². The minimum atomic E-state index is -0.0659. The van der Waals surface area contributed by atoms with Gasteiger partial charge in [-0.25, -0.2) is 0 Å². The lowest BCUT2D eigenvalue weighted by atomic mass is 9.94. The van der Waals surface area contributed by atoms with Gasteiger partial charge in [-0.05, 0) is 41.8 Å². The van der Waals surface area contributed by atoms with E-state index in [2.05, 4.69) is 26.2 Å². The Hall–Kier alpha value is -0.940. The maximum absolute atomic E-state index is 12.1. The van der Waals surface area contributed by atoms with Gasteiger partial charge < -0.3 is 10.1 Å². The van der Waals surface area contributed by atoms with Gasteiger partial charge in [0.1, 0.15) is 0 Å². The molecule has 1 aliphatic heterocycles. The summed E-state index contributed by atoms with van der Waals surface area (Å²) in [6, 6.07) is 1.77. The van der Waals surface area contributed by atoms with Crippen molar-refractivity contribution in [2.45, 2.75) is 25.9 Å². The van der Waals surface area contributed by atoms with Gasteiger partial charge in [-0.1, -0.05) is 0 Å². The van der Waals surface area contributed by atoms with Crippen molar-refractivity contribution in [2.24, 2.45) is 5.92 Å². The number of hydrogen-bond donors (Lipinski definition) is 1. The first-order chi connectivity index (χ1) is 8.18. The molecule has 0 spiro atoms. The Bertz CT molecular complexity index is 411. The molecular weight excluding hydrogens is 284 g/mol. The van der Waals surface area contributed by atoms with Crippen LogP contribution in [0.25, 0.3) is 0 Å². The number of nitrogens with zero attached hydrogens (tertiary/aromatic N) is 1. The van der Waals surface area contributed by atoms with Crippen LogP contribution >= 0.6 is 15.9 Å². The van der Waals surface area contributed by atoms with Crippen LogP contribution < -0.4 is 5.32 Å². The minimum absolute atomic E-state index is 0.00985. The zero-order valence-electron chi connectivity index (χ0n) is 9.65. The summed E-state index contributed by atoms with van der Waals surface area (Å²) in [4.78, 5) is 16.1. The number of aromatic nitrogens is 1. The Morgan fingerprint density at radius 3 is 3.18 bits per heavy atom. The first-order valence-corrected chi connectivity index (χ1v) is 6.50. The number of rotatable bonds is 2. The van der Waals surface area contributed by atoms with E-state index in [0.29, 0.717) is 0 Å². The van der Waals surface area contributed by atoms with E-state index in [-0.39, 0.29) is 17.9 Å². The molecule has 0 bridgehead atoms. The van der Waals surface area contributed by atoms with E-state index in [0.717, 1.165) is 29.6 Å². The Morgan fingerprint density at radius 1 is 1.65 bits per heavy atom. The molecule has 17 heavy (non-hydrogen) atoms. The highest BCUT2D eigenvalue weighted by molar-refractivity contribution is 9.10. The molecule has 1 saturated heterocycles. The lowest BCUT2D eigenvalue weighted by Crippen LogP contribution is -2.36. The van der Waals surface area contributed by atoms with E-state index >= 15 is 0 Å². The molecule has 1 amide bonds. The summed E-state index contributed by atoms with van der Waals surface area (Å²) < 4.78 is 6.28. The molecule has 1 aromatic rings. The number of ether oxygens (including phenoxy) is 1. The van der Waals surface area contributed by atoms with Crippen LogP contribution in [0.15, 0.2) is 22.9 Å². The second-order valence-electron chi connectivity index (χ2n) is 4.17. The zero-order valence-corrected chi connectivity index (χ0v) is 11.2. The molecule has 2 heterocycles. The van der Waals surface area contributed by atoms with Gasteiger partial charge in [0, 0.05) is 19.0 Å². The minimum Gasteiger partial charge on any atom is -0.378 e. The summed E-state index contributed by atoms with van der Waals surface area (Å²) in [7, 11) is 0. The molecule has 0 aliphatic carbocycles. The molecule has 92 valence electrons. The monoisotopic (exact) mass is 298 g/mol. The normalized spacial score (nSPS) is 24.4. The lowest BCUT2D eigenvalue weighted by Gasteiger charge is -2.28. The number of halogens is 1. The number of carbonyl (C=O) groups excluding carboxylic acids is 1. The maximum atomic E-state index is 12.1. The van der Waals surface area contributed by atoms with Gasteiger partial charge in [0.15, 0.2) is 0 Å². The van der Waals surface area contributed by atoms with Crippen LogP contribution in [0.4, 0.5) is 5.69 Å².